The van der Waals surface area contributed by atoms with Crippen molar-refractivity contribution >= 4 is 0 Å². The third-order valence-electron chi connectivity index (χ3n) is 11.1. The van der Waals surface area contributed by atoms with Crippen LogP contribution in [0, 0.1) is 0 Å². The molecule has 4 aromatic carbocycles. The predicted octanol–water partition coefficient (Wildman–Crippen LogP) is -0.467. The summed E-state index contributed by atoms with van der Waals surface area (Å²) < 4.78 is 23.3. The van der Waals surface area contributed by atoms with Crippen LogP contribution < -0.4 is 9.47 Å². The molecule has 18 nitrogen and oxygen atoms in total. The molecule has 13 atom stereocenters. The Morgan fingerprint density at radius 2 is 1.00 bits per heavy atom. The first-order chi connectivity index (χ1) is 27.6. The number of aliphatic hydroxyl groups excluding tert-OH is 8. The van der Waals surface area contributed by atoms with Crippen molar-refractivity contribution in [3.8, 4) is 46.0 Å². The van der Waals surface area contributed by atoms with E-state index in [1.54, 1.807) is 12.1 Å². The van der Waals surface area contributed by atoms with Crippen LogP contribution in [-0.2, 0) is 15.9 Å². The minimum Gasteiger partial charge on any atom is -0.508 e. The molecule has 2 fully saturated rings. The average molecular weight is 813 g/mol. The molecular formula is C40H44O18. The highest BCUT2D eigenvalue weighted by Gasteiger charge is 2.49. The molecule has 2 saturated heterocycles. The quantitative estimate of drug-likeness (QED) is 0.102. The van der Waals surface area contributed by atoms with E-state index in [0.717, 1.165) is 12.1 Å². The molecule has 0 spiro atoms. The van der Waals surface area contributed by atoms with Crippen molar-refractivity contribution in [1.29, 1.82) is 0 Å². The zero-order valence-electron chi connectivity index (χ0n) is 30.4. The van der Waals surface area contributed by atoms with Gasteiger partial charge in [-0.3, -0.25) is 0 Å². The van der Waals surface area contributed by atoms with E-state index in [9.17, 15) is 71.5 Å². The summed E-state index contributed by atoms with van der Waals surface area (Å²) in [4.78, 5) is 0. The maximum Gasteiger partial charge on any atom is 0.229 e. The third-order valence-corrected chi connectivity index (χ3v) is 11.1. The van der Waals surface area contributed by atoms with Crippen LogP contribution in [0.2, 0.25) is 0 Å². The number of hydrogen-bond acceptors (Lipinski definition) is 18. The van der Waals surface area contributed by atoms with Crippen LogP contribution in [-0.4, -0.2) is 146 Å². The van der Waals surface area contributed by atoms with E-state index in [4.69, 9.17) is 18.9 Å². The maximum absolute atomic E-state index is 11.8. The summed E-state index contributed by atoms with van der Waals surface area (Å²) in [5, 5.41) is 149. The molecule has 3 aliphatic rings. The van der Waals surface area contributed by atoms with Gasteiger partial charge in [-0.1, -0.05) is 24.3 Å². The Labute approximate surface area is 329 Å². The van der Waals surface area contributed by atoms with E-state index in [-0.39, 0.29) is 46.1 Å². The first-order valence-electron chi connectivity index (χ1n) is 18.3. The molecule has 1 aliphatic carbocycles. The van der Waals surface area contributed by atoms with Gasteiger partial charge in [0.1, 0.15) is 71.8 Å². The minimum absolute atomic E-state index is 0.0279. The van der Waals surface area contributed by atoms with Gasteiger partial charge < -0.3 is 90.4 Å². The fourth-order valence-corrected chi connectivity index (χ4v) is 8.20. The Morgan fingerprint density at radius 3 is 1.52 bits per heavy atom. The monoisotopic (exact) mass is 812 g/mol. The largest absolute Gasteiger partial charge is 0.508 e. The van der Waals surface area contributed by atoms with E-state index in [2.05, 4.69) is 0 Å². The number of fused-ring (bicyclic) bond motifs is 1. The van der Waals surface area contributed by atoms with E-state index in [1.807, 2.05) is 0 Å². The van der Waals surface area contributed by atoms with Gasteiger partial charge in [0.05, 0.1) is 13.2 Å². The van der Waals surface area contributed by atoms with Crippen LogP contribution in [0.1, 0.15) is 45.6 Å². The van der Waals surface area contributed by atoms with Crippen molar-refractivity contribution in [2.45, 2.75) is 85.6 Å². The summed E-state index contributed by atoms with van der Waals surface area (Å²) >= 11 is 0. The van der Waals surface area contributed by atoms with E-state index >= 15 is 0 Å². The Bertz CT molecular complexity index is 2070. The number of benzene rings is 4. The fourth-order valence-electron chi connectivity index (χ4n) is 8.20. The van der Waals surface area contributed by atoms with E-state index < -0.39 is 115 Å². The van der Waals surface area contributed by atoms with E-state index in [0.29, 0.717) is 11.1 Å². The lowest BCUT2D eigenvalue weighted by Gasteiger charge is -2.44. The first-order valence-corrected chi connectivity index (χ1v) is 18.3. The Hall–Kier alpha value is -5.12. The molecule has 58 heavy (non-hydrogen) atoms. The second kappa shape index (κ2) is 16.3. The zero-order valence-corrected chi connectivity index (χ0v) is 30.4. The summed E-state index contributed by atoms with van der Waals surface area (Å²) in [7, 11) is 0. The van der Waals surface area contributed by atoms with Crippen molar-refractivity contribution in [3.63, 3.8) is 0 Å². The van der Waals surface area contributed by atoms with Gasteiger partial charge in [0, 0.05) is 40.7 Å². The number of ether oxygens (including phenoxy) is 4. The molecule has 2 aliphatic heterocycles. The van der Waals surface area contributed by atoms with Gasteiger partial charge in [0.2, 0.25) is 12.6 Å². The minimum atomic E-state index is -1.92. The molecule has 0 unspecified atom stereocenters. The van der Waals surface area contributed by atoms with Crippen LogP contribution >= 0.6 is 0 Å². The van der Waals surface area contributed by atoms with Gasteiger partial charge in [-0.2, -0.15) is 0 Å². The van der Waals surface area contributed by atoms with Gasteiger partial charge >= 0.3 is 0 Å². The standard InChI is InChI=1S/C40H44O18/c41-13-26-31(49)33(51)35(53)39(55-26)57-37-21(9-19(45)10-24(37)47)29-20(15-1-5-17(43)6-2-15)11-22-30(28(29)16-3-7-18(44)8-4-16)23(46)12-25(48)38(22)58-40-36(54)34(52)32(50)27(14-42)56-40/h1-10,12,20,26-29,31-36,39-54H,11,13-14H2/t20-,26+,27+,28+,29+,31+,32+,33-,34-,35+,36+,39-,40-/m0/s1. The van der Waals surface area contributed by atoms with Crippen LogP contribution in [0.3, 0.4) is 0 Å². The number of aromatic hydroxyl groups is 6. The SMILES string of the molecule is OC[C@H]1O[C@@H](Oc2c(O)cc(O)cc2[C@@H]2[C@@H](c3ccc(O)cc3)c3c(O)cc(O)c(O[C@@H]4O[C@H](CO)[C@@H](O)[C@H](O)[C@H]4O)c3C[C@H]2c2ccc(O)cc2)[C@H](O)[C@@H](O)[C@@H]1O. The smallest absolute Gasteiger partial charge is 0.229 e. The Balaban J connectivity index is 1.46. The molecule has 0 aromatic heterocycles. The molecule has 18 heteroatoms. The van der Waals surface area contributed by atoms with Crippen molar-refractivity contribution in [1.82, 2.24) is 0 Å². The molecule has 14 N–H and O–H groups in total. The molecule has 7 rings (SSSR count). The second-order valence-corrected chi connectivity index (χ2v) is 14.6. The van der Waals surface area contributed by atoms with Crippen LogP contribution in [0.4, 0.5) is 0 Å². The summed E-state index contributed by atoms with van der Waals surface area (Å²) in [6.07, 6.45) is -17.5. The topological polar surface area (TPSA) is 320 Å². The molecule has 4 aromatic rings. The molecule has 0 bridgehead atoms. The summed E-state index contributed by atoms with van der Waals surface area (Å²) in [5.41, 5.74) is 1.14. The Kier molecular flexibility index (Phi) is 11.5. The van der Waals surface area contributed by atoms with Crippen LogP contribution in [0.5, 0.6) is 46.0 Å². The van der Waals surface area contributed by atoms with Gasteiger partial charge in [-0.25, -0.2) is 0 Å². The number of rotatable bonds is 9. The normalized spacial score (nSPS) is 32.3. The average Bonchev–Trinajstić information content (AvgIpc) is 3.20. The number of aliphatic hydroxyl groups is 8. The lowest BCUT2D eigenvalue weighted by molar-refractivity contribution is -0.277. The summed E-state index contributed by atoms with van der Waals surface area (Å²) in [6, 6.07) is 14.9. The number of hydrogen-bond donors (Lipinski definition) is 14. The molecule has 0 radical (unpaired) electrons. The van der Waals surface area contributed by atoms with Crippen molar-refractivity contribution in [2.24, 2.45) is 0 Å². The van der Waals surface area contributed by atoms with Crippen molar-refractivity contribution in [3.05, 3.63) is 94.5 Å². The second-order valence-electron chi connectivity index (χ2n) is 14.6. The van der Waals surface area contributed by atoms with Crippen molar-refractivity contribution < 1.29 is 90.4 Å². The fraction of sp³-hybridized carbons (Fsp3) is 0.400. The van der Waals surface area contributed by atoms with Crippen molar-refractivity contribution in [2.75, 3.05) is 13.2 Å². The maximum atomic E-state index is 11.8. The van der Waals surface area contributed by atoms with Gasteiger partial charge in [-0.15, -0.1) is 0 Å². The highest BCUT2D eigenvalue weighted by molar-refractivity contribution is 5.65. The van der Waals surface area contributed by atoms with E-state index in [1.165, 1.54) is 42.5 Å². The lowest BCUT2D eigenvalue weighted by atomic mass is 9.61. The van der Waals surface area contributed by atoms with Gasteiger partial charge in [0.15, 0.2) is 23.0 Å². The predicted molar refractivity (Wildman–Crippen MR) is 196 cm³/mol. The number of phenolic OH excluding ortho intramolecular Hbond substituents is 6. The zero-order chi connectivity index (χ0) is 41.7. The number of phenols is 6. The lowest BCUT2D eigenvalue weighted by Crippen LogP contribution is -2.60. The molecular weight excluding hydrogens is 768 g/mol. The van der Waals surface area contributed by atoms with Crippen LogP contribution in [0.15, 0.2) is 66.7 Å². The molecule has 312 valence electrons. The molecule has 0 saturated carbocycles. The molecule has 0 amide bonds. The van der Waals surface area contributed by atoms with Crippen LogP contribution in [0.25, 0.3) is 0 Å². The Morgan fingerprint density at radius 1 is 0.517 bits per heavy atom. The molecule has 2 heterocycles. The first kappa shape index (κ1) is 41.1. The third kappa shape index (κ3) is 7.39. The summed E-state index contributed by atoms with van der Waals surface area (Å²) in [5.74, 6) is -6.21. The highest BCUT2D eigenvalue weighted by atomic mass is 16.7. The summed E-state index contributed by atoms with van der Waals surface area (Å²) in [6.45, 7) is -1.56. The van der Waals surface area contributed by atoms with Gasteiger partial charge in [-0.05, 0) is 53.8 Å². The highest BCUT2D eigenvalue weighted by Crippen LogP contribution is 2.61. The van der Waals surface area contributed by atoms with Gasteiger partial charge in [0.25, 0.3) is 0 Å².